The Bertz CT molecular complexity index is 693. The summed E-state index contributed by atoms with van der Waals surface area (Å²) in [6.07, 6.45) is 5.30. The van der Waals surface area contributed by atoms with Crippen LogP contribution in [0.1, 0.15) is 59.5 Å². The summed E-state index contributed by atoms with van der Waals surface area (Å²) in [5, 5.41) is 7.19. The summed E-state index contributed by atoms with van der Waals surface area (Å²) in [4.78, 5) is 12.9. The second kappa shape index (κ2) is 6.67. The number of methoxy groups -OCH3 is 1. The van der Waals surface area contributed by atoms with E-state index in [4.69, 9.17) is 9.26 Å². The van der Waals surface area contributed by atoms with Crippen molar-refractivity contribution in [3.63, 3.8) is 0 Å². The van der Waals surface area contributed by atoms with Crippen LogP contribution in [0.4, 0.5) is 0 Å². The van der Waals surface area contributed by atoms with Crippen LogP contribution in [0.5, 0.6) is 5.75 Å². The summed E-state index contributed by atoms with van der Waals surface area (Å²) in [5.41, 5.74) is 1.97. The fourth-order valence-corrected chi connectivity index (χ4v) is 3.64. The predicted molar refractivity (Wildman–Crippen MR) is 91.2 cm³/mol. The molecule has 1 saturated carbocycles. The minimum atomic E-state index is -0.336. The molecule has 1 N–H and O–H groups in total. The van der Waals surface area contributed by atoms with E-state index < -0.39 is 0 Å². The highest BCUT2D eigenvalue weighted by Crippen LogP contribution is 2.38. The molecule has 5 heteroatoms. The van der Waals surface area contributed by atoms with E-state index in [2.05, 4.69) is 22.6 Å². The number of benzene rings is 1. The molecule has 0 bridgehead atoms. The SMILES string of the molecule is COc1ccc(C2(NC(=O)c3c(C)noc3C)CCCCC2)cc1. The average Bonchev–Trinajstić information content (AvgIpc) is 2.94. The Labute approximate surface area is 142 Å². The van der Waals surface area contributed by atoms with Crippen molar-refractivity contribution in [2.75, 3.05) is 7.11 Å². The summed E-state index contributed by atoms with van der Waals surface area (Å²) in [6.45, 7) is 3.57. The molecule has 1 amide bonds. The van der Waals surface area contributed by atoms with Crippen molar-refractivity contribution < 1.29 is 14.1 Å². The van der Waals surface area contributed by atoms with Crippen LogP contribution in [-0.2, 0) is 5.54 Å². The molecule has 1 aromatic carbocycles. The number of aryl methyl sites for hydroxylation is 2. The van der Waals surface area contributed by atoms with Crippen LogP contribution in [0.3, 0.4) is 0 Å². The normalized spacial score (nSPS) is 16.6. The molecule has 2 aromatic rings. The summed E-state index contributed by atoms with van der Waals surface area (Å²) in [6, 6.07) is 8.01. The second-order valence-corrected chi connectivity index (χ2v) is 6.52. The van der Waals surface area contributed by atoms with Gasteiger partial charge in [-0.15, -0.1) is 0 Å². The second-order valence-electron chi connectivity index (χ2n) is 6.52. The highest BCUT2D eigenvalue weighted by molar-refractivity contribution is 5.96. The maximum Gasteiger partial charge on any atom is 0.257 e. The van der Waals surface area contributed by atoms with Gasteiger partial charge in [0.05, 0.1) is 18.3 Å². The molecule has 0 aliphatic heterocycles. The lowest BCUT2D eigenvalue weighted by Gasteiger charge is -2.38. The highest BCUT2D eigenvalue weighted by atomic mass is 16.5. The van der Waals surface area contributed by atoms with Crippen LogP contribution in [0.25, 0.3) is 0 Å². The number of aromatic nitrogens is 1. The third kappa shape index (κ3) is 3.03. The lowest BCUT2D eigenvalue weighted by Crippen LogP contribution is -2.47. The van der Waals surface area contributed by atoms with Crippen LogP contribution >= 0.6 is 0 Å². The molecule has 0 atom stereocenters. The Hall–Kier alpha value is -2.30. The standard InChI is InChI=1S/C19H24N2O3/c1-13-17(14(2)24-21-13)18(22)20-19(11-5-4-6-12-19)15-7-9-16(23-3)10-8-15/h7-10H,4-6,11-12H2,1-3H3,(H,20,22). The zero-order valence-corrected chi connectivity index (χ0v) is 14.5. The first kappa shape index (κ1) is 16.6. The molecule has 128 valence electrons. The lowest BCUT2D eigenvalue weighted by atomic mass is 9.76. The number of hydrogen-bond acceptors (Lipinski definition) is 4. The Kier molecular flexibility index (Phi) is 4.60. The first-order valence-electron chi connectivity index (χ1n) is 8.46. The van der Waals surface area contributed by atoms with Crippen LogP contribution in [0.2, 0.25) is 0 Å². The predicted octanol–water partition coefficient (Wildman–Crippen LogP) is 3.89. The fraction of sp³-hybridized carbons (Fsp3) is 0.474. The average molecular weight is 328 g/mol. The van der Waals surface area contributed by atoms with Crippen molar-refractivity contribution >= 4 is 5.91 Å². The van der Waals surface area contributed by atoms with Gasteiger partial charge in [0.1, 0.15) is 17.1 Å². The van der Waals surface area contributed by atoms with Gasteiger partial charge in [-0.3, -0.25) is 4.79 Å². The topological polar surface area (TPSA) is 64.4 Å². The summed E-state index contributed by atoms with van der Waals surface area (Å²) in [5.74, 6) is 1.27. The van der Waals surface area contributed by atoms with Crippen molar-refractivity contribution in [2.24, 2.45) is 0 Å². The number of ether oxygens (including phenoxy) is 1. The van der Waals surface area contributed by atoms with Gasteiger partial charge in [-0.05, 0) is 44.4 Å². The van der Waals surface area contributed by atoms with E-state index in [0.29, 0.717) is 17.0 Å². The van der Waals surface area contributed by atoms with E-state index in [9.17, 15) is 4.79 Å². The summed E-state index contributed by atoms with van der Waals surface area (Å²) < 4.78 is 10.4. The van der Waals surface area contributed by atoms with Gasteiger partial charge in [-0.2, -0.15) is 0 Å². The minimum absolute atomic E-state index is 0.107. The van der Waals surface area contributed by atoms with Gasteiger partial charge in [0.15, 0.2) is 0 Å². The quantitative estimate of drug-likeness (QED) is 0.925. The van der Waals surface area contributed by atoms with Crippen molar-refractivity contribution in [3.05, 3.63) is 46.8 Å². The number of hydrogen-bond donors (Lipinski definition) is 1. The van der Waals surface area contributed by atoms with Crippen LogP contribution in [0, 0.1) is 13.8 Å². The molecule has 3 rings (SSSR count). The van der Waals surface area contributed by atoms with Crippen LogP contribution in [0.15, 0.2) is 28.8 Å². The molecule has 1 aliphatic carbocycles. The van der Waals surface area contributed by atoms with Gasteiger partial charge in [-0.1, -0.05) is 36.6 Å². The molecule has 5 nitrogen and oxygen atoms in total. The largest absolute Gasteiger partial charge is 0.497 e. The first-order chi connectivity index (χ1) is 11.6. The Morgan fingerprint density at radius 2 is 1.83 bits per heavy atom. The van der Waals surface area contributed by atoms with E-state index in [-0.39, 0.29) is 11.4 Å². The van der Waals surface area contributed by atoms with Crippen LogP contribution < -0.4 is 10.1 Å². The molecule has 24 heavy (non-hydrogen) atoms. The Morgan fingerprint density at radius 3 is 2.38 bits per heavy atom. The van der Waals surface area contributed by atoms with Crippen molar-refractivity contribution in [1.29, 1.82) is 0 Å². The van der Waals surface area contributed by atoms with Crippen molar-refractivity contribution in [3.8, 4) is 5.75 Å². The Balaban J connectivity index is 1.92. The number of nitrogens with zero attached hydrogens (tertiary/aromatic N) is 1. The maximum atomic E-state index is 12.9. The van der Waals surface area contributed by atoms with E-state index in [0.717, 1.165) is 37.0 Å². The molecular formula is C19H24N2O3. The van der Waals surface area contributed by atoms with Gasteiger partial charge in [0.2, 0.25) is 0 Å². The number of carbonyl (C=O) groups is 1. The molecule has 0 saturated heterocycles. The third-order valence-corrected chi connectivity index (χ3v) is 4.96. The lowest BCUT2D eigenvalue weighted by molar-refractivity contribution is 0.0864. The fourth-order valence-electron chi connectivity index (χ4n) is 3.64. The van der Waals surface area contributed by atoms with E-state index >= 15 is 0 Å². The molecule has 0 unspecified atom stereocenters. The van der Waals surface area contributed by atoms with Crippen molar-refractivity contribution in [1.82, 2.24) is 10.5 Å². The number of amides is 1. The molecular weight excluding hydrogens is 304 g/mol. The van der Waals surface area contributed by atoms with E-state index in [1.807, 2.05) is 12.1 Å². The maximum absolute atomic E-state index is 12.9. The smallest absolute Gasteiger partial charge is 0.257 e. The van der Waals surface area contributed by atoms with Crippen LogP contribution in [-0.4, -0.2) is 18.2 Å². The van der Waals surface area contributed by atoms with Gasteiger partial charge in [0.25, 0.3) is 5.91 Å². The summed E-state index contributed by atoms with van der Waals surface area (Å²) >= 11 is 0. The molecule has 0 spiro atoms. The summed E-state index contributed by atoms with van der Waals surface area (Å²) in [7, 11) is 1.66. The number of nitrogens with one attached hydrogen (secondary N) is 1. The number of rotatable bonds is 4. The highest BCUT2D eigenvalue weighted by Gasteiger charge is 2.36. The first-order valence-corrected chi connectivity index (χ1v) is 8.46. The van der Waals surface area contributed by atoms with Gasteiger partial charge in [-0.25, -0.2) is 0 Å². The van der Waals surface area contributed by atoms with Gasteiger partial charge >= 0.3 is 0 Å². The van der Waals surface area contributed by atoms with E-state index in [1.54, 1.807) is 21.0 Å². The molecule has 1 aliphatic rings. The third-order valence-electron chi connectivity index (χ3n) is 4.96. The zero-order valence-electron chi connectivity index (χ0n) is 14.5. The van der Waals surface area contributed by atoms with Gasteiger partial charge in [0, 0.05) is 0 Å². The van der Waals surface area contributed by atoms with Gasteiger partial charge < -0.3 is 14.6 Å². The molecule has 0 radical (unpaired) electrons. The molecule has 1 fully saturated rings. The monoisotopic (exact) mass is 328 g/mol. The minimum Gasteiger partial charge on any atom is -0.497 e. The Morgan fingerprint density at radius 1 is 1.17 bits per heavy atom. The molecule has 1 heterocycles. The van der Waals surface area contributed by atoms with Crippen molar-refractivity contribution in [2.45, 2.75) is 51.5 Å². The molecule has 1 aromatic heterocycles. The van der Waals surface area contributed by atoms with E-state index in [1.165, 1.54) is 6.42 Å². The zero-order chi connectivity index (χ0) is 17.2. The number of carbonyl (C=O) groups excluding carboxylic acids is 1.